The maximum Gasteiger partial charge on any atom is 0.194 e. The molecular weight excluding hydrogens is 437 g/mol. The Morgan fingerprint density at radius 3 is 2.81 bits per heavy atom. The third-order valence-corrected chi connectivity index (χ3v) is 4.58. The molecule has 2 heterocycles. The molecule has 2 aromatic rings. The third-order valence-electron chi connectivity index (χ3n) is 4.58. The molecule has 1 aliphatic heterocycles. The van der Waals surface area contributed by atoms with Crippen LogP contribution in [0.25, 0.3) is 0 Å². The molecule has 3 rings (SSSR count). The minimum Gasteiger partial charge on any atom is -0.357 e. The van der Waals surface area contributed by atoms with Crippen LogP contribution in [0.2, 0.25) is 0 Å². The summed E-state index contributed by atoms with van der Waals surface area (Å²) >= 11 is 0. The number of guanidine groups is 1. The van der Waals surface area contributed by atoms with Crippen molar-refractivity contribution in [2.75, 3.05) is 19.6 Å². The summed E-state index contributed by atoms with van der Waals surface area (Å²) in [5, 5.41) is 7.91. The van der Waals surface area contributed by atoms with Gasteiger partial charge in [0.1, 0.15) is 0 Å². The SMILES string of the molecule is CCNC(=NCc1cnn(Cc2ccccc2)c1)N1CCCC(C)C1.I. The predicted octanol–water partition coefficient (Wildman–Crippen LogP) is 3.75. The highest BCUT2D eigenvalue weighted by Crippen LogP contribution is 2.15. The van der Waals surface area contributed by atoms with Crippen LogP contribution in [0.15, 0.2) is 47.7 Å². The molecule has 0 aliphatic carbocycles. The zero-order valence-electron chi connectivity index (χ0n) is 15.8. The van der Waals surface area contributed by atoms with Crippen LogP contribution in [0.5, 0.6) is 0 Å². The molecule has 142 valence electrons. The van der Waals surface area contributed by atoms with Crippen molar-refractivity contribution in [2.45, 2.75) is 39.8 Å². The van der Waals surface area contributed by atoms with E-state index in [9.17, 15) is 0 Å². The zero-order valence-corrected chi connectivity index (χ0v) is 18.1. The average molecular weight is 467 g/mol. The van der Waals surface area contributed by atoms with Crippen molar-refractivity contribution < 1.29 is 0 Å². The van der Waals surface area contributed by atoms with E-state index in [2.05, 4.69) is 59.6 Å². The molecule has 26 heavy (non-hydrogen) atoms. The molecule has 1 fully saturated rings. The van der Waals surface area contributed by atoms with Crippen LogP contribution in [-0.2, 0) is 13.1 Å². The summed E-state index contributed by atoms with van der Waals surface area (Å²) < 4.78 is 1.98. The largest absolute Gasteiger partial charge is 0.357 e. The number of hydrogen-bond acceptors (Lipinski definition) is 2. The van der Waals surface area contributed by atoms with Crippen LogP contribution < -0.4 is 5.32 Å². The van der Waals surface area contributed by atoms with E-state index < -0.39 is 0 Å². The fraction of sp³-hybridized carbons (Fsp3) is 0.500. The highest BCUT2D eigenvalue weighted by Gasteiger charge is 2.19. The summed E-state index contributed by atoms with van der Waals surface area (Å²) in [6.45, 7) is 9.01. The van der Waals surface area contributed by atoms with Crippen LogP contribution in [0.3, 0.4) is 0 Å². The van der Waals surface area contributed by atoms with Crippen molar-refractivity contribution >= 4 is 29.9 Å². The number of nitrogens with zero attached hydrogens (tertiary/aromatic N) is 4. The second-order valence-corrected chi connectivity index (χ2v) is 6.90. The van der Waals surface area contributed by atoms with E-state index in [1.807, 2.05) is 16.9 Å². The highest BCUT2D eigenvalue weighted by atomic mass is 127. The predicted molar refractivity (Wildman–Crippen MR) is 118 cm³/mol. The topological polar surface area (TPSA) is 45.5 Å². The Labute approximate surface area is 173 Å². The number of benzene rings is 1. The average Bonchev–Trinajstić information content (AvgIpc) is 3.07. The number of halogens is 1. The van der Waals surface area contributed by atoms with Crippen LogP contribution in [0.1, 0.15) is 37.8 Å². The molecule has 1 saturated heterocycles. The molecule has 0 spiro atoms. The zero-order chi connectivity index (χ0) is 17.5. The first kappa shape index (κ1) is 20.7. The fourth-order valence-electron chi connectivity index (χ4n) is 3.32. The van der Waals surface area contributed by atoms with Crippen molar-refractivity contribution in [3.8, 4) is 0 Å². The monoisotopic (exact) mass is 467 g/mol. The lowest BCUT2D eigenvalue weighted by Gasteiger charge is -2.33. The van der Waals surface area contributed by atoms with Crippen molar-refractivity contribution in [1.29, 1.82) is 0 Å². The smallest absolute Gasteiger partial charge is 0.194 e. The Morgan fingerprint density at radius 1 is 1.27 bits per heavy atom. The van der Waals surface area contributed by atoms with Gasteiger partial charge in [-0.15, -0.1) is 24.0 Å². The standard InChI is InChI=1S/C20H29N5.HI/c1-3-21-20(24-11-7-8-17(2)14-24)22-12-19-13-23-25(16-19)15-18-9-5-4-6-10-18;/h4-6,9-10,13,16-17H,3,7-8,11-12,14-15H2,1-2H3,(H,21,22);1H. The summed E-state index contributed by atoms with van der Waals surface area (Å²) in [5.74, 6) is 1.77. The van der Waals surface area contributed by atoms with E-state index in [0.717, 1.165) is 43.6 Å². The number of nitrogens with one attached hydrogen (secondary N) is 1. The summed E-state index contributed by atoms with van der Waals surface area (Å²) in [4.78, 5) is 7.24. The van der Waals surface area contributed by atoms with Gasteiger partial charge in [0.15, 0.2) is 5.96 Å². The normalized spacial score (nSPS) is 17.7. The number of aliphatic imine (C=N–C) groups is 1. The lowest BCUT2D eigenvalue weighted by atomic mass is 10.0. The summed E-state index contributed by atoms with van der Waals surface area (Å²) in [5.41, 5.74) is 2.41. The third kappa shape index (κ3) is 6.00. The van der Waals surface area contributed by atoms with Gasteiger partial charge >= 0.3 is 0 Å². The van der Waals surface area contributed by atoms with E-state index in [1.165, 1.54) is 18.4 Å². The summed E-state index contributed by atoms with van der Waals surface area (Å²) in [6.07, 6.45) is 6.59. The molecule has 0 amide bonds. The first-order valence-corrected chi connectivity index (χ1v) is 9.33. The van der Waals surface area contributed by atoms with Gasteiger partial charge in [-0.3, -0.25) is 4.68 Å². The fourth-order valence-corrected chi connectivity index (χ4v) is 3.32. The molecule has 0 radical (unpaired) electrons. The van der Waals surface area contributed by atoms with Gasteiger partial charge < -0.3 is 10.2 Å². The summed E-state index contributed by atoms with van der Waals surface area (Å²) in [6, 6.07) is 10.4. The summed E-state index contributed by atoms with van der Waals surface area (Å²) in [7, 11) is 0. The Kier molecular flexibility index (Phi) is 8.41. The maximum atomic E-state index is 4.84. The quantitative estimate of drug-likeness (QED) is 0.414. The maximum absolute atomic E-state index is 4.84. The molecule has 0 bridgehead atoms. The van der Waals surface area contributed by atoms with Crippen LogP contribution in [0.4, 0.5) is 0 Å². The van der Waals surface area contributed by atoms with Crippen molar-refractivity contribution in [1.82, 2.24) is 20.0 Å². The lowest BCUT2D eigenvalue weighted by molar-refractivity contribution is 0.266. The minimum absolute atomic E-state index is 0. The molecule has 0 saturated carbocycles. The van der Waals surface area contributed by atoms with E-state index in [-0.39, 0.29) is 24.0 Å². The molecule has 1 N–H and O–H groups in total. The van der Waals surface area contributed by atoms with Crippen molar-refractivity contribution in [2.24, 2.45) is 10.9 Å². The number of piperidine rings is 1. The molecule has 5 nitrogen and oxygen atoms in total. The Hall–Kier alpha value is -1.57. The van der Waals surface area contributed by atoms with E-state index in [0.29, 0.717) is 6.54 Å². The number of likely N-dealkylation sites (tertiary alicyclic amines) is 1. The number of hydrogen-bond donors (Lipinski definition) is 1. The van der Waals surface area contributed by atoms with E-state index >= 15 is 0 Å². The van der Waals surface area contributed by atoms with Gasteiger partial charge in [0.2, 0.25) is 0 Å². The van der Waals surface area contributed by atoms with Gasteiger partial charge in [-0.2, -0.15) is 5.10 Å². The Bertz CT molecular complexity index is 683. The molecule has 1 atom stereocenters. The van der Waals surface area contributed by atoms with Gasteiger partial charge in [-0.05, 0) is 31.2 Å². The minimum atomic E-state index is 0. The second-order valence-electron chi connectivity index (χ2n) is 6.90. The van der Waals surface area contributed by atoms with Gasteiger partial charge in [-0.1, -0.05) is 37.3 Å². The Morgan fingerprint density at radius 2 is 2.08 bits per heavy atom. The second kappa shape index (κ2) is 10.5. The number of rotatable bonds is 5. The van der Waals surface area contributed by atoms with E-state index in [4.69, 9.17) is 4.99 Å². The van der Waals surface area contributed by atoms with Crippen molar-refractivity contribution in [3.63, 3.8) is 0 Å². The molecule has 1 unspecified atom stereocenters. The van der Waals surface area contributed by atoms with Crippen LogP contribution in [-0.4, -0.2) is 40.3 Å². The van der Waals surface area contributed by atoms with Gasteiger partial charge in [0, 0.05) is 31.4 Å². The first-order chi connectivity index (χ1) is 12.2. The molecule has 1 aromatic heterocycles. The van der Waals surface area contributed by atoms with Gasteiger partial charge in [0.05, 0.1) is 19.3 Å². The highest BCUT2D eigenvalue weighted by molar-refractivity contribution is 14.0. The lowest BCUT2D eigenvalue weighted by Crippen LogP contribution is -2.46. The first-order valence-electron chi connectivity index (χ1n) is 9.33. The molecular formula is C20H30IN5. The van der Waals surface area contributed by atoms with Gasteiger partial charge in [-0.25, -0.2) is 4.99 Å². The number of aromatic nitrogens is 2. The molecule has 1 aliphatic rings. The van der Waals surface area contributed by atoms with Gasteiger partial charge in [0.25, 0.3) is 0 Å². The van der Waals surface area contributed by atoms with Crippen molar-refractivity contribution in [3.05, 3.63) is 53.9 Å². The Balaban J connectivity index is 0.00000243. The van der Waals surface area contributed by atoms with E-state index in [1.54, 1.807) is 0 Å². The molecule has 1 aromatic carbocycles. The molecule has 6 heteroatoms. The van der Waals surface area contributed by atoms with Crippen LogP contribution in [0, 0.1) is 5.92 Å². The van der Waals surface area contributed by atoms with Crippen LogP contribution >= 0.6 is 24.0 Å².